The van der Waals surface area contributed by atoms with Gasteiger partial charge in [-0.05, 0) is 0 Å². The summed E-state index contributed by atoms with van der Waals surface area (Å²) in [7, 11) is -1.39. The van der Waals surface area contributed by atoms with Crippen molar-refractivity contribution in [1.29, 1.82) is 0 Å². The van der Waals surface area contributed by atoms with Gasteiger partial charge >= 0.3 is 155 Å². The van der Waals surface area contributed by atoms with Gasteiger partial charge < -0.3 is 0 Å². The predicted molar refractivity (Wildman–Crippen MR) is 106 cm³/mol. The molecule has 0 aromatic heterocycles. The third-order valence-corrected chi connectivity index (χ3v) is 14.2. The fourth-order valence-electron chi connectivity index (χ4n) is 3.49. The van der Waals surface area contributed by atoms with Crippen molar-refractivity contribution >= 4 is 33.5 Å². The van der Waals surface area contributed by atoms with Crippen LogP contribution in [0.4, 0.5) is 0 Å². The van der Waals surface area contributed by atoms with Crippen LogP contribution in [0.2, 0.25) is 24.1 Å². The SMILES string of the molecule is CC(C)(C)OC(=O)[C@@H]1[C@H]([C@@H]([Se]c2ccccc2)[Si](C)(C)C)C1(C)C. The molecule has 24 heavy (non-hydrogen) atoms. The maximum atomic E-state index is 12.7. The average molecular weight is 412 g/mol. The Bertz CT molecular complexity index is 584. The molecule has 0 N–H and O–H groups in total. The maximum absolute atomic E-state index is 12.7. The Morgan fingerprint density at radius 1 is 1.17 bits per heavy atom. The van der Waals surface area contributed by atoms with Gasteiger partial charge in [-0.25, -0.2) is 0 Å². The summed E-state index contributed by atoms with van der Waals surface area (Å²) in [6.45, 7) is 17.7. The molecule has 0 aliphatic heterocycles. The zero-order valence-corrected chi connectivity index (χ0v) is 19.1. The van der Waals surface area contributed by atoms with Crippen molar-refractivity contribution in [1.82, 2.24) is 0 Å². The standard InChI is InChI=1S/C20H32O2SeSi/c1-19(2,3)22-17(21)15-16(20(15,4)5)18(24(6,7)8)23-14-12-10-9-11-13-14/h9-13,15-16,18H,1-8H3/t15-,16+,18-/m0/s1. The third-order valence-electron chi connectivity index (χ3n) is 4.76. The van der Waals surface area contributed by atoms with Crippen LogP contribution in [0.1, 0.15) is 34.6 Å². The van der Waals surface area contributed by atoms with E-state index in [9.17, 15) is 4.79 Å². The molecule has 2 nitrogen and oxygen atoms in total. The zero-order valence-electron chi connectivity index (χ0n) is 16.3. The van der Waals surface area contributed by atoms with E-state index in [1.54, 1.807) is 0 Å². The van der Waals surface area contributed by atoms with E-state index in [2.05, 4.69) is 63.8 Å². The van der Waals surface area contributed by atoms with Gasteiger partial charge in [-0.1, -0.05) is 0 Å². The van der Waals surface area contributed by atoms with Crippen LogP contribution < -0.4 is 4.46 Å². The monoisotopic (exact) mass is 412 g/mol. The Morgan fingerprint density at radius 2 is 1.71 bits per heavy atom. The van der Waals surface area contributed by atoms with Crippen LogP contribution >= 0.6 is 0 Å². The molecule has 2 rings (SSSR count). The summed E-state index contributed by atoms with van der Waals surface area (Å²) in [5.41, 5.74) is -0.344. The van der Waals surface area contributed by atoms with Gasteiger partial charge in [-0.3, -0.25) is 0 Å². The number of rotatable bonds is 5. The van der Waals surface area contributed by atoms with Crippen LogP contribution in [-0.4, -0.2) is 34.6 Å². The third kappa shape index (κ3) is 4.53. The Morgan fingerprint density at radius 3 is 2.17 bits per heavy atom. The van der Waals surface area contributed by atoms with Gasteiger partial charge in [-0.2, -0.15) is 0 Å². The van der Waals surface area contributed by atoms with Gasteiger partial charge in [0.05, 0.1) is 0 Å². The fourth-order valence-corrected chi connectivity index (χ4v) is 11.1. The van der Waals surface area contributed by atoms with E-state index in [0.717, 1.165) is 0 Å². The number of ether oxygens (including phenoxy) is 1. The van der Waals surface area contributed by atoms with E-state index in [-0.39, 0.29) is 17.3 Å². The molecule has 1 aliphatic carbocycles. The van der Waals surface area contributed by atoms with Gasteiger partial charge in [0.15, 0.2) is 0 Å². The van der Waals surface area contributed by atoms with E-state index in [1.807, 2.05) is 20.8 Å². The van der Waals surface area contributed by atoms with Gasteiger partial charge in [0.1, 0.15) is 0 Å². The number of carbonyl (C=O) groups is 1. The van der Waals surface area contributed by atoms with Crippen LogP contribution in [0.25, 0.3) is 0 Å². The molecule has 0 spiro atoms. The average Bonchev–Trinajstić information content (AvgIpc) is 2.96. The predicted octanol–water partition coefficient (Wildman–Crippen LogP) is 4.30. The normalized spacial score (nSPS) is 24.3. The van der Waals surface area contributed by atoms with Crippen LogP contribution in [0.3, 0.4) is 0 Å². The molecule has 0 saturated heterocycles. The summed E-state index contributed by atoms with van der Waals surface area (Å²) in [6.07, 6.45) is 0. The summed E-state index contributed by atoms with van der Waals surface area (Å²) in [4.78, 5) is 12.7. The van der Waals surface area contributed by atoms with Crippen molar-refractivity contribution in [3.63, 3.8) is 0 Å². The van der Waals surface area contributed by atoms with Crippen molar-refractivity contribution in [2.45, 2.75) is 64.3 Å². The van der Waals surface area contributed by atoms with E-state index in [1.165, 1.54) is 4.46 Å². The van der Waals surface area contributed by atoms with Crippen LogP contribution in [0.15, 0.2) is 30.3 Å². The molecule has 0 amide bonds. The van der Waals surface area contributed by atoms with Gasteiger partial charge in [0.25, 0.3) is 0 Å². The number of carbonyl (C=O) groups excluding carboxylic acids is 1. The number of hydrogen-bond donors (Lipinski definition) is 0. The summed E-state index contributed by atoms with van der Waals surface area (Å²) in [5, 5.41) is 0. The zero-order chi connectivity index (χ0) is 18.3. The van der Waals surface area contributed by atoms with Gasteiger partial charge in [0.2, 0.25) is 0 Å². The molecule has 1 aromatic carbocycles. The second-order valence-electron chi connectivity index (χ2n) is 9.58. The Kier molecular flexibility index (Phi) is 5.45. The van der Waals surface area contributed by atoms with Crippen LogP contribution in [-0.2, 0) is 9.53 Å². The molecular weight excluding hydrogens is 379 g/mol. The molecule has 3 atom stereocenters. The quantitative estimate of drug-likeness (QED) is 0.534. The Labute approximate surface area is 154 Å². The van der Waals surface area contributed by atoms with E-state index in [4.69, 9.17) is 4.74 Å². The topological polar surface area (TPSA) is 26.3 Å². The minimum absolute atomic E-state index is 0.00427. The molecule has 1 aliphatic rings. The van der Waals surface area contributed by atoms with E-state index in [0.29, 0.717) is 25.3 Å². The first-order valence-electron chi connectivity index (χ1n) is 8.78. The molecule has 0 radical (unpaired) electrons. The number of benzene rings is 1. The van der Waals surface area contributed by atoms with E-state index < -0.39 is 13.7 Å². The van der Waals surface area contributed by atoms with Crippen molar-refractivity contribution < 1.29 is 9.53 Å². The molecular formula is C20H32O2SeSi. The van der Waals surface area contributed by atoms with Gasteiger partial charge in [0, 0.05) is 0 Å². The van der Waals surface area contributed by atoms with E-state index >= 15 is 0 Å². The molecule has 1 fully saturated rings. The van der Waals surface area contributed by atoms with Gasteiger partial charge in [-0.15, -0.1) is 0 Å². The minimum atomic E-state index is -1.39. The summed E-state index contributed by atoms with van der Waals surface area (Å²) in [5.74, 6) is 0.517. The second-order valence-corrected chi connectivity index (χ2v) is 18.4. The van der Waals surface area contributed by atoms with Crippen molar-refractivity contribution in [2.24, 2.45) is 17.3 Å². The molecule has 0 unspecified atom stereocenters. The van der Waals surface area contributed by atoms with Crippen molar-refractivity contribution in [2.75, 3.05) is 0 Å². The van der Waals surface area contributed by atoms with Crippen LogP contribution in [0, 0.1) is 17.3 Å². The molecule has 1 saturated carbocycles. The van der Waals surface area contributed by atoms with Crippen molar-refractivity contribution in [3.05, 3.63) is 30.3 Å². The first kappa shape index (κ1) is 19.7. The Hall–Kier alpha value is -0.574. The first-order chi connectivity index (χ1) is 10.8. The molecule has 134 valence electrons. The summed E-state index contributed by atoms with van der Waals surface area (Å²) in [6, 6.07) is 10.8. The summed E-state index contributed by atoms with van der Waals surface area (Å²) < 4.78 is 7.82. The first-order valence-corrected chi connectivity index (χ1v) is 14.2. The summed E-state index contributed by atoms with van der Waals surface area (Å²) >= 11 is 0.407. The fraction of sp³-hybridized carbons (Fsp3) is 0.650. The molecule has 0 heterocycles. The molecule has 1 aromatic rings. The second kappa shape index (κ2) is 6.62. The number of esters is 1. The Balaban J connectivity index is 2.22. The number of hydrogen-bond acceptors (Lipinski definition) is 2. The molecule has 0 bridgehead atoms. The van der Waals surface area contributed by atoms with Crippen LogP contribution in [0.5, 0.6) is 0 Å². The molecule has 4 heteroatoms. The van der Waals surface area contributed by atoms with Crippen molar-refractivity contribution in [3.8, 4) is 0 Å².